The van der Waals surface area contributed by atoms with Crippen LogP contribution in [0.4, 0.5) is 5.69 Å². The van der Waals surface area contributed by atoms with Crippen molar-refractivity contribution < 1.29 is 9.39 Å². The smallest absolute Gasteiger partial charge is 0.324 e. The van der Waals surface area contributed by atoms with E-state index in [1.54, 1.807) is 0 Å². The molecule has 0 saturated carbocycles. The van der Waals surface area contributed by atoms with Crippen LogP contribution in [0.15, 0.2) is 30.5 Å². The maximum atomic E-state index is 9.11. The summed E-state index contributed by atoms with van der Waals surface area (Å²) in [4.78, 5) is 7.28. The van der Waals surface area contributed by atoms with Crippen LogP contribution in [0, 0.1) is 17.9 Å². The molecule has 6 heteroatoms. The summed E-state index contributed by atoms with van der Waals surface area (Å²) in [5.74, 6) is 0.808. The lowest BCUT2D eigenvalue weighted by molar-refractivity contribution is 0.333. The van der Waals surface area contributed by atoms with E-state index in [1.807, 2.05) is 31.1 Å². The normalized spacial score (nSPS) is 12.4. The minimum atomic E-state index is 0.0970. The summed E-state index contributed by atoms with van der Waals surface area (Å²) in [6.07, 6.45) is 1.39. The van der Waals surface area contributed by atoms with Gasteiger partial charge in [0.15, 0.2) is 0 Å². The predicted molar refractivity (Wildman–Crippen MR) is 77.8 cm³/mol. The lowest BCUT2D eigenvalue weighted by Crippen LogP contribution is -2.23. The number of nitrogens with zero attached hydrogens (tertiary/aromatic N) is 3. The third kappa shape index (κ3) is 2.45. The number of pyridine rings is 1. The molecule has 0 fully saturated rings. The average Bonchev–Trinajstić information content (AvgIpc) is 2.88. The fraction of sp³-hybridized carbons (Fsp3) is 0.133. The Hall–Kier alpha value is -2.83. The van der Waals surface area contributed by atoms with Gasteiger partial charge < -0.3 is 9.39 Å². The third-order valence-electron chi connectivity index (χ3n) is 3.34. The van der Waals surface area contributed by atoms with Gasteiger partial charge in [-0.05, 0) is 29.2 Å². The van der Waals surface area contributed by atoms with E-state index in [4.69, 9.17) is 21.2 Å². The van der Waals surface area contributed by atoms with Gasteiger partial charge in [0.25, 0.3) is 0 Å². The Morgan fingerprint density at radius 2 is 2.33 bits per heavy atom. The molecule has 0 N–H and O–H groups in total. The van der Waals surface area contributed by atoms with Crippen molar-refractivity contribution in [3.8, 4) is 17.7 Å². The van der Waals surface area contributed by atoms with Gasteiger partial charge in [-0.25, -0.2) is 9.83 Å². The van der Waals surface area contributed by atoms with Gasteiger partial charge >= 0.3 is 6.92 Å². The van der Waals surface area contributed by atoms with E-state index in [9.17, 15) is 0 Å². The summed E-state index contributed by atoms with van der Waals surface area (Å²) in [6.45, 7) is 9.59. The van der Waals surface area contributed by atoms with Crippen LogP contribution >= 0.6 is 0 Å². The van der Waals surface area contributed by atoms with Crippen LogP contribution in [0.2, 0.25) is 6.82 Å². The molecule has 0 bridgehead atoms. The van der Waals surface area contributed by atoms with Crippen LogP contribution in [0.3, 0.4) is 0 Å². The van der Waals surface area contributed by atoms with Crippen molar-refractivity contribution in [2.45, 2.75) is 13.4 Å². The van der Waals surface area contributed by atoms with Gasteiger partial charge in [0.1, 0.15) is 17.4 Å². The Bertz CT molecular complexity index is 792. The predicted octanol–water partition coefficient (Wildman–Crippen LogP) is 2.65. The highest BCUT2D eigenvalue weighted by molar-refractivity contribution is 6.67. The second-order valence-corrected chi connectivity index (χ2v) is 4.69. The van der Waals surface area contributed by atoms with E-state index in [1.165, 1.54) is 12.3 Å². The highest BCUT2D eigenvalue weighted by Gasteiger charge is 2.23. The molecule has 0 radical (unpaired) electrons. The Balaban J connectivity index is 1.91. The van der Waals surface area contributed by atoms with Crippen LogP contribution < -0.4 is 10.2 Å². The highest BCUT2D eigenvalue weighted by atomic mass is 16.5. The molecular formula is C15H10BN3O2. The fourth-order valence-electron chi connectivity index (χ4n) is 2.25. The SMILES string of the molecule is [C-]#[N+]c1cnc(Oc2ccc3c(c2)COB3C)c(C#N)c1. The van der Waals surface area contributed by atoms with Crippen molar-refractivity contribution in [1.82, 2.24) is 4.98 Å². The first kappa shape index (κ1) is 13.2. The maximum Gasteiger partial charge on any atom is 0.324 e. The Morgan fingerprint density at radius 3 is 3.10 bits per heavy atom. The van der Waals surface area contributed by atoms with Gasteiger partial charge in [-0.2, -0.15) is 5.26 Å². The summed E-state index contributed by atoms with van der Waals surface area (Å²) in [6, 6.07) is 9.14. The lowest BCUT2D eigenvalue weighted by atomic mass is 9.64. The Morgan fingerprint density at radius 1 is 1.48 bits per heavy atom. The zero-order chi connectivity index (χ0) is 14.8. The Labute approximate surface area is 122 Å². The molecular weight excluding hydrogens is 265 g/mol. The molecule has 1 aliphatic rings. The van der Waals surface area contributed by atoms with Gasteiger partial charge in [0.05, 0.1) is 13.2 Å². The van der Waals surface area contributed by atoms with E-state index in [-0.39, 0.29) is 18.4 Å². The van der Waals surface area contributed by atoms with Crippen molar-refractivity contribution in [2.24, 2.45) is 0 Å². The molecule has 3 rings (SSSR count). The minimum Gasteiger partial charge on any atom is -0.438 e. The number of hydrogen-bond acceptors (Lipinski definition) is 4. The second kappa shape index (κ2) is 5.28. The number of aromatic nitrogens is 1. The van der Waals surface area contributed by atoms with Gasteiger partial charge in [0, 0.05) is 6.20 Å². The molecule has 0 unspecified atom stereocenters. The van der Waals surface area contributed by atoms with Crippen molar-refractivity contribution in [1.29, 1.82) is 5.26 Å². The van der Waals surface area contributed by atoms with Gasteiger partial charge in [0.2, 0.25) is 11.6 Å². The largest absolute Gasteiger partial charge is 0.438 e. The Kier molecular flexibility index (Phi) is 3.31. The summed E-state index contributed by atoms with van der Waals surface area (Å²) in [5.41, 5.74) is 2.79. The van der Waals surface area contributed by atoms with Crippen LogP contribution in [0.1, 0.15) is 11.1 Å². The zero-order valence-electron chi connectivity index (χ0n) is 11.3. The van der Waals surface area contributed by atoms with Gasteiger partial charge in [-0.15, -0.1) is 0 Å². The third-order valence-corrected chi connectivity index (χ3v) is 3.34. The summed E-state index contributed by atoms with van der Waals surface area (Å²) in [7, 11) is 0. The highest BCUT2D eigenvalue weighted by Crippen LogP contribution is 2.27. The molecule has 0 aliphatic carbocycles. The quantitative estimate of drug-likeness (QED) is 0.624. The van der Waals surface area contributed by atoms with E-state index >= 15 is 0 Å². The first-order chi connectivity index (χ1) is 10.2. The molecule has 21 heavy (non-hydrogen) atoms. The zero-order valence-corrected chi connectivity index (χ0v) is 11.3. The summed E-state index contributed by atoms with van der Waals surface area (Å²) < 4.78 is 11.2. The number of nitriles is 1. The molecule has 1 aromatic carbocycles. The first-order valence-corrected chi connectivity index (χ1v) is 6.41. The first-order valence-electron chi connectivity index (χ1n) is 6.41. The van der Waals surface area contributed by atoms with Crippen LogP contribution in [-0.2, 0) is 11.3 Å². The molecule has 0 saturated heterocycles. The minimum absolute atomic E-state index is 0.0970. The number of rotatable bonds is 2. The standard InChI is InChI=1S/C15H10BN3O2/c1-16-14-4-3-13(6-11(14)9-20-16)21-15-10(7-17)5-12(18-2)8-19-15/h3-6,8H,9H2,1H3. The van der Waals surface area contributed by atoms with E-state index in [0.717, 1.165) is 11.0 Å². The van der Waals surface area contributed by atoms with Gasteiger partial charge in [-0.1, -0.05) is 12.9 Å². The number of hydrogen-bond donors (Lipinski definition) is 0. The lowest BCUT2D eigenvalue weighted by Gasteiger charge is -2.08. The van der Waals surface area contributed by atoms with Gasteiger partial charge in [-0.3, -0.25) is 0 Å². The topological polar surface area (TPSA) is 59.5 Å². The fourth-order valence-corrected chi connectivity index (χ4v) is 2.25. The molecule has 5 nitrogen and oxygen atoms in total. The van der Waals surface area contributed by atoms with E-state index in [0.29, 0.717) is 18.0 Å². The van der Waals surface area contributed by atoms with Crippen molar-refractivity contribution in [3.63, 3.8) is 0 Å². The maximum absolute atomic E-state index is 9.11. The van der Waals surface area contributed by atoms with E-state index < -0.39 is 0 Å². The number of benzene rings is 1. The molecule has 1 aliphatic heterocycles. The molecule has 100 valence electrons. The molecule has 0 amide bonds. The summed E-state index contributed by atoms with van der Waals surface area (Å²) in [5, 5.41) is 9.11. The van der Waals surface area contributed by atoms with Crippen LogP contribution in [0.25, 0.3) is 4.85 Å². The van der Waals surface area contributed by atoms with Crippen LogP contribution in [0.5, 0.6) is 11.6 Å². The monoisotopic (exact) mass is 275 g/mol. The molecule has 0 atom stereocenters. The van der Waals surface area contributed by atoms with Crippen molar-refractivity contribution in [2.75, 3.05) is 0 Å². The summed E-state index contributed by atoms with van der Waals surface area (Å²) >= 11 is 0. The average molecular weight is 275 g/mol. The van der Waals surface area contributed by atoms with E-state index in [2.05, 4.69) is 9.83 Å². The van der Waals surface area contributed by atoms with Crippen LogP contribution in [-0.4, -0.2) is 11.9 Å². The second-order valence-electron chi connectivity index (χ2n) is 4.69. The molecule has 0 spiro atoms. The van der Waals surface area contributed by atoms with Crippen molar-refractivity contribution in [3.05, 3.63) is 53.0 Å². The molecule has 2 heterocycles. The number of fused-ring (bicyclic) bond motifs is 1. The molecule has 2 aromatic rings. The van der Waals surface area contributed by atoms with Crippen molar-refractivity contribution >= 4 is 18.1 Å². The number of ether oxygens (including phenoxy) is 1. The molecule has 1 aromatic heterocycles.